The van der Waals surface area contributed by atoms with Crippen LogP contribution in [0, 0.1) is 0 Å². The number of aromatic nitrogens is 2. The molecule has 0 saturated heterocycles. The molecule has 1 aromatic heterocycles. The first-order valence-corrected chi connectivity index (χ1v) is 7.42. The molecule has 4 nitrogen and oxygen atoms in total. The Morgan fingerprint density at radius 3 is 2.55 bits per heavy atom. The fourth-order valence-corrected chi connectivity index (χ4v) is 2.86. The van der Waals surface area contributed by atoms with E-state index in [1.165, 1.54) is 12.0 Å². The smallest absolute Gasteiger partial charge is 0.246 e. The predicted octanol–water partition coefficient (Wildman–Crippen LogP) is 2.97. The highest BCUT2D eigenvalue weighted by molar-refractivity contribution is 5.15. The zero-order valence-corrected chi connectivity index (χ0v) is 11.7. The largest absolute Gasteiger partial charge is 0.337 e. The van der Waals surface area contributed by atoms with Gasteiger partial charge in [0.25, 0.3) is 0 Å². The summed E-state index contributed by atoms with van der Waals surface area (Å²) in [4.78, 5) is 4.52. The van der Waals surface area contributed by atoms with Crippen LogP contribution in [0.3, 0.4) is 0 Å². The summed E-state index contributed by atoms with van der Waals surface area (Å²) in [6.07, 6.45) is 7.19. The molecule has 0 atom stereocenters. The molecule has 3 rings (SSSR count). The molecule has 2 N–H and O–H groups in total. The molecule has 0 unspecified atom stereocenters. The van der Waals surface area contributed by atoms with Crippen LogP contribution in [0.5, 0.6) is 0 Å². The Morgan fingerprint density at radius 2 is 1.80 bits per heavy atom. The minimum absolute atomic E-state index is 0.393. The Balaban J connectivity index is 1.65. The molecule has 0 bridgehead atoms. The standard InChI is InChI=1S/C16H21N3O/c17-16(11-5-2-6-12-16)15-18-14(19-20-15)10-9-13-7-3-1-4-8-13/h1,3-4,7-8H,2,5-6,9-12,17H2. The Morgan fingerprint density at radius 1 is 1.05 bits per heavy atom. The van der Waals surface area contributed by atoms with Gasteiger partial charge in [-0.25, -0.2) is 0 Å². The van der Waals surface area contributed by atoms with Gasteiger partial charge in [0.15, 0.2) is 5.82 Å². The number of nitrogens with zero attached hydrogens (tertiary/aromatic N) is 2. The first-order chi connectivity index (χ1) is 9.76. The van der Waals surface area contributed by atoms with E-state index in [2.05, 4.69) is 22.3 Å². The number of rotatable bonds is 4. The second-order valence-corrected chi connectivity index (χ2v) is 5.72. The quantitative estimate of drug-likeness (QED) is 0.928. The van der Waals surface area contributed by atoms with Gasteiger partial charge in [0, 0.05) is 6.42 Å². The Bertz CT molecular complexity index is 544. The van der Waals surface area contributed by atoms with Crippen molar-refractivity contribution >= 4 is 0 Å². The maximum atomic E-state index is 6.40. The lowest BCUT2D eigenvalue weighted by atomic mass is 9.82. The van der Waals surface area contributed by atoms with Crippen molar-refractivity contribution < 1.29 is 4.52 Å². The van der Waals surface area contributed by atoms with E-state index < -0.39 is 5.54 Å². The molecule has 1 heterocycles. The molecule has 0 spiro atoms. The van der Waals surface area contributed by atoms with Gasteiger partial charge < -0.3 is 10.3 Å². The topological polar surface area (TPSA) is 64.9 Å². The van der Waals surface area contributed by atoms with Gasteiger partial charge in [0.2, 0.25) is 5.89 Å². The van der Waals surface area contributed by atoms with Crippen LogP contribution in [0.25, 0.3) is 0 Å². The normalized spacial score (nSPS) is 18.1. The second-order valence-electron chi connectivity index (χ2n) is 5.72. The van der Waals surface area contributed by atoms with Gasteiger partial charge in [-0.1, -0.05) is 54.8 Å². The zero-order chi connectivity index (χ0) is 13.8. The average Bonchev–Trinajstić information content (AvgIpc) is 2.97. The van der Waals surface area contributed by atoms with Crippen LogP contribution >= 0.6 is 0 Å². The SMILES string of the molecule is NC1(c2nc(CCc3ccccc3)no2)CCCCC1. The van der Waals surface area contributed by atoms with E-state index in [1.807, 2.05) is 18.2 Å². The van der Waals surface area contributed by atoms with E-state index in [0.717, 1.165) is 44.3 Å². The van der Waals surface area contributed by atoms with Gasteiger partial charge >= 0.3 is 0 Å². The van der Waals surface area contributed by atoms with Crippen molar-refractivity contribution in [2.75, 3.05) is 0 Å². The van der Waals surface area contributed by atoms with Crippen molar-refractivity contribution in [1.29, 1.82) is 0 Å². The summed E-state index contributed by atoms with van der Waals surface area (Å²) in [5.41, 5.74) is 7.30. The molecule has 1 aliphatic carbocycles. The van der Waals surface area contributed by atoms with Crippen molar-refractivity contribution in [2.45, 2.75) is 50.5 Å². The van der Waals surface area contributed by atoms with Crippen molar-refractivity contribution in [3.63, 3.8) is 0 Å². The van der Waals surface area contributed by atoms with Crippen molar-refractivity contribution in [3.8, 4) is 0 Å². The van der Waals surface area contributed by atoms with Crippen LogP contribution in [0.4, 0.5) is 0 Å². The molecule has 0 aliphatic heterocycles. The molecule has 0 amide bonds. The molecule has 1 aliphatic rings. The second kappa shape index (κ2) is 5.75. The molecule has 0 radical (unpaired) electrons. The van der Waals surface area contributed by atoms with Gasteiger partial charge in [0.1, 0.15) is 0 Å². The van der Waals surface area contributed by atoms with Crippen molar-refractivity contribution in [1.82, 2.24) is 10.1 Å². The molecular weight excluding hydrogens is 250 g/mol. The molecule has 20 heavy (non-hydrogen) atoms. The molecular formula is C16H21N3O. The van der Waals surface area contributed by atoms with Gasteiger partial charge in [-0.15, -0.1) is 0 Å². The zero-order valence-electron chi connectivity index (χ0n) is 11.7. The predicted molar refractivity (Wildman–Crippen MR) is 77.1 cm³/mol. The molecule has 1 fully saturated rings. The molecule has 4 heteroatoms. The summed E-state index contributed by atoms with van der Waals surface area (Å²) in [7, 11) is 0. The summed E-state index contributed by atoms with van der Waals surface area (Å²) < 4.78 is 5.41. The van der Waals surface area contributed by atoms with Crippen LogP contribution in [0.1, 0.15) is 49.4 Å². The molecule has 1 aromatic carbocycles. The molecule has 106 valence electrons. The van der Waals surface area contributed by atoms with Gasteiger partial charge in [-0.05, 0) is 24.8 Å². The van der Waals surface area contributed by atoms with Gasteiger partial charge in [0.05, 0.1) is 5.54 Å². The number of hydrogen-bond donors (Lipinski definition) is 1. The van der Waals surface area contributed by atoms with Crippen molar-refractivity contribution in [2.24, 2.45) is 5.73 Å². The van der Waals surface area contributed by atoms with Gasteiger partial charge in [-0.3, -0.25) is 0 Å². The summed E-state index contributed by atoms with van der Waals surface area (Å²) in [5.74, 6) is 1.39. The Hall–Kier alpha value is -1.68. The lowest BCUT2D eigenvalue weighted by Gasteiger charge is -2.29. The minimum atomic E-state index is -0.393. The van der Waals surface area contributed by atoms with Crippen LogP contribution < -0.4 is 5.73 Å². The molecule has 1 saturated carbocycles. The number of benzene rings is 1. The Kier molecular flexibility index (Phi) is 3.83. The van der Waals surface area contributed by atoms with Crippen LogP contribution in [-0.4, -0.2) is 10.1 Å². The van der Waals surface area contributed by atoms with Crippen LogP contribution in [0.2, 0.25) is 0 Å². The third kappa shape index (κ3) is 2.90. The fourth-order valence-electron chi connectivity index (χ4n) is 2.86. The van der Waals surface area contributed by atoms with E-state index in [9.17, 15) is 0 Å². The highest BCUT2D eigenvalue weighted by Crippen LogP contribution is 2.33. The maximum absolute atomic E-state index is 6.40. The lowest BCUT2D eigenvalue weighted by molar-refractivity contribution is 0.219. The third-order valence-electron chi connectivity index (χ3n) is 4.12. The van der Waals surface area contributed by atoms with E-state index in [0.29, 0.717) is 5.89 Å². The number of nitrogens with two attached hydrogens (primary N) is 1. The summed E-state index contributed by atoms with van der Waals surface area (Å²) in [5, 5.41) is 4.09. The maximum Gasteiger partial charge on any atom is 0.246 e. The Labute approximate surface area is 119 Å². The number of hydrogen-bond acceptors (Lipinski definition) is 4. The monoisotopic (exact) mass is 271 g/mol. The van der Waals surface area contributed by atoms with Crippen molar-refractivity contribution in [3.05, 3.63) is 47.6 Å². The van der Waals surface area contributed by atoms with E-state index in [4.69, 9.17) is 10.3 Å². The summed E-state index contributed by atoms with van der Waals surface area (Å²) in [6, 6.07) is 10.4. The third-order valence-corrected chi connectivity index (χ3v) is 4.12. The summed E-state index contributed by atoms with van der Waals surface area (Å²) in [6.45, 7) is 0. The van der Waals surface area contributed by atoms with E-state index in [-0.39, 0.29) is 0 Å². The number of aryl methyl sites for hydroxylation is 2. The summed E-state index contributed by atoms with van der Waals surface area (Å²) >= 11 is 0. The highest BCUT2D eigenvalue weighted by atomic mass is 16.5. The average molecular weight is 271 g/mol. The van der Waals surface area contributed by atoms with Gasteiger partial charge in [-0.2, -0.15) is 4.98 Å². The van der Waals surface area contributed by atoms with E-state index >= 15 is 0 Å². The van der Waals surface area contributed by atoms with Crippen LogP contribution in [-0.2, 0) is 18.4 Å². The molecule has 2 aromatic rings. The first kappa shape index (κ1) is 13.3. The lowest BCUT2D eigenvalue weighted by Crippen LogP contribution is -2.39. The van der Waals surface area contributed by atoms with Crippen LogP contribution in [0.15, 0.2) is 34.9 Å². The van der Waals surface area contributed by atoms with E-state index in [1.54, 1.807) is 0 Å². The minimum Gasteiger partial charge on any atom is -0.337 e. The fraction of sp³-hybridized carbons (Fsp3) is 0.500. The first-order valence-electron chi connectivity index (χ1n) is 7.42. The highest BCUT2D eigenvalue weighted by Gasteiger charge is 2.35.